The van der Waals surface area contributed by atoms with Crippen molar-refractivity contribution >= 4 is 28.5 Å². The number of hydrogen-bond donors (Lipinski definition) is 2. The van der Waals surface area contributed by atoms with Gasteiger partial charge in [0.05, 0.1) is 6.04 Å². The fourth-order valence-electron chi connectivity index (χ4n) is 3.19. The highest BCUT2D eigenvalue weighted by Crippen LogP contribution is 2.23. The molecule has 0 radical (unpaired) electrons. The van der Waals surface area contributed by atoms with Crippen molar-refractivity contribution in [2.75, 3.05) is 11.9 Å². The Morgan fingerprint density at radius 1 is 1.36 bits per heavy atom. The van der Waals surface area contributed by atoms with Gasteiger partial charge in [0.2, 0.25) is 11.8 Å². The first kappa shape index (κ1) is 17.2. The molecule has 2 amide bonds. The number of nitrogens with one attached hydrogen (secondary N) is 1. The monoisotopic (exact) mass is 343 g/mol. The van der Waals surface area contributed by atoms with E-state index in [9.17, 15) is 14.4 Å². The Bertz CT molecular complexity index is 888. The third-order valence-corrected chi connectivity index (χ3v) is 4.45. The number of likely N-dealkylation sites (tertiary alicyclic amines) is 1. The third kappa shape index (κ3) is 3.41. The number of nitrogens with zero attached hydrogens (tertiary/aromatic N) is 1. The lowest BCUT2D eigenvalue weighted by Gasteiger charge is -2.25. The molecule has 3 rings (SSSR count). The van der Waals surface area contributed by atoms with Crippen LogP contribution in [0, 0.1) is 6.92 Å². The topological polar surface area (TPSA) is 106 Å². The highest BCUT2D eigenvalue weighted by Gasteiger charge is 2.35. The third-order valence-electron chi connectivity index (χ3n) is 4.45. The van der Waals surface area contributed by atoms with E-state index in [-0.39, 0.29) is 11.8 Å². The summed E-state index contributed by atoms with van der Waals surface area (Å²) in [7, 11) is 0. The van der Waals surface area contributed by atoms with Crippen LogP contribution in [0.2, 0.25) is 0 Å². The van der Waals surface area contributed by atoms with Crippen molar-refractivity contribution in [2.45, 2.75) is 38.8 Å². The van der Waals surface area contributed by atoms with Crippen molar-refractivity contribution < 1.29 is 14.0 Å². The van der Waals surface area contributed by atoms with Gasteiger partial charge in [0.1, 0.15) is 11.6 Å². The molecule has 2 aromatic rings. The van der Waals surface area contributed by atoms with Gasteiger partial charge < -0.3 is 20.4 Å². The van der Waals surface area contributed by atoms with Gasteiger partial charge in [0, 0.05) is 29.8 Å². The normalized spacial score (nSPS) is 18.4. The quantitative estimate of drug-likeness (QED) is 0.819. The minimum absolute atomic E-state index is 0.224. The highest BCUT2D eigenvalue weighted by molar-refractivity contribution is 5.99. The average molecular weight is 343 g/mol. The van der Waals surface area contributed by atoms with E-state index in [4.69, 9.17) is 10.2 Å². The lowest BCUT2D eigenvalue weighted by atomic mass is 10.1. The van der Waals surface area contributed by atoms with Crippen LogP contribution in [-0.2, 0) is 9.59 Å². The number of hydrogen-bond acceptors (Lipinski definition) is 5. The van der Waals surface area contributed by atoms with E-state index in [1.165, 1.54) is 11.0 Å². The summed E-state index contributed by atoms with van der Waals surface area (Å²) in [5.74, 6) is -0.487. The second-order valence-corrected chi connectivity index (χ2v) is 6.43. The van der Waals surface area contributed by atoms with Crippen LogP contribution in [0.4, 0.5) is 5.69 Å². The number of nitrogens with two attached hydrogens (primary N) is 1. The van der Waals surface area contributed by atoms with E-state index < -0.39 is 17.7 Å². The van der Waals surface area contributed by atoms with E-state index in [1.54, 1.807) is 25.1 Å². The number of amides is 2. The summed E-state index contributed by atoms with van der Waals surface area (Å²) in [6, 6.07) is 5.43. The number of carbonyl (C=O) groups excluding carboxylic acids is 2. The number of rotatable bonds is 3. The van der Waals surface area contributed by atoms with E-state index in [2.05, 4.69) is 5.32 Å². The first-order valence-corrected chi connectivity index (χ1v) is 8.28. The summed E-state index contributed by atoms with van der Waals surface area (Å²) in [4.78, 5) is 37.8. The van der Waals surface area contributed by atoms with Crippen molar-refractivity contribution in [3.63, 3.8) is 0 Å². The molecule has 1 saturated heterocycles. The summed E-state index contributed by atoms with van der Waals surface area (Å²) in [5.41, 5.74) is 6.97. The fraction of sp³-hybridized carbons (Fsp3) is 0.389. The van der Waals surface area contributed by atoms with Gasteiger partial charge in [-0.25, -0.2) is 4.79 Å². The van der Waals surface area contributed by atoms with Crippen LogP contribution in [0.15, 0.2) is 33.5 Å². The Labute approximate surface area is 144 Å². The maximum atomic E-state index is 12.6. The minimum atomic E-state index is -0.633. The lowest BCUT2D eigenvalue weighted by molar-refractivity contribution is -0.137. The predicted octanol–water partition coefficient (Wildman–Crippen LogP) is 1.38. The van der Waals surface area contributed by atoms with Crippen LogP contribution >= 0.6 is 0 Å². The minimum Gasteiger partial charge on any atom is -0.423 e. The number of fused-ring (bicyclic) bond motifs is 1. The Morgan fingerprint density at radius 2 is 2.12 bits per heavy atom. The molecule has 0 unspecified atom stereocenters. The Hall–Kier alpha value is -2.67. The molecule has 1 fully saturated rings. The standard InChI is InChI=1S/C18H21N3O4/c1-10-8-16(22)25-15-9-12(5-6-13(10)15)20-17(23)14-4-3-7-21(14)18(24)11(2)19/h5-6,8-9,11,14H,3-4,7,19H2,1-2H3,(H,20,23)/t11-,14+/m1/s1. The van der Waals surface area contributed by atoms with Crippen molar-refractivity contribution in [3.05, 3.63) is 40.2 Å². The molecule has 0 spiro atoms. The van der Waals surface area contributed by atoms with E-state index in [1.807, 2.05) is 6.92 Å². The van der Waals surface area contributed by atoms with Crippen LogP contribution in [0.1, 0.15) is 25.3 Å². The van der Waals surface area contributed by atoms with Gasteiger partial charge in [0.25, 0.3) is 0 Å². The maximum absolute atomic E-state index is 12.6. The van der Waals surface area contributed by atoms with Crippen LogP contribution in [-0.4, -0.2) is 35.3 Å². The predicted molar refractivity (Wildman–Crippen MR) is 94.2 cm³/mol. The van der Waals surface area contributed by atoms with E-state index in [0.717, 1.165) is 17.4 Å². The maximum Gasteiger partial charge on any atom is 0.336 e. The zero-order valence-corrected chi connectivity index (χ0v) is 14.2. The first-order valence-electron chi connectivity index (χ1n) is 8.28. The molecule has 1 aliphatic rings. The average Bonchev–Trinajstić information content (AvgIpc) is 3.03. The van der Waals surface area contributed by atoms with Gasteiger partial charge >= 0.3 is 5.63 Å². The van der Waals surface area contributed by atoms with Crippen LogP contribution in [0.25, 0.3) is 11.0 Å². The molecule has 25 heavy (non-hydrogen) atoms. The summed E-state index contributed by atoms with van der Waals surface area (Å²) in [6.07, 6.45) is 1.37. The molecule has 0 saturated carbocycles. The molecule has 1 aromatic carbocycles. The summed E-state index contributed by atoms with van der Waals surface area (Å²) < 4.78 is 5.19. The fourth-order valence-corrected chi connectivity index (χ4v) is 3.19. The summed E-state index contributed by atoms with van der Waals surface area (Å²) in [6.45, 7) is 3.97. The number of anilines is 1. The van der Waals surface area contributed by atoms with E-state index >= 15 is 0 Å². The first-order chi connectivity index (χ1) is 11.9. The van der Waals surface area contributed by atoms with Gasteiger partial charge in [0.15, 0.2) is 0 Å². The molecule has 3 N–H and O–H groups in total. The second kappa shape index (κ2) is 6.68. The summed E-state index contributed by atoms with van der Waals surface area (Å²) in [5, 5.41) is 3.62. The van der Waals surface area contributed by atoms with Gasteiger partial charge in [-0.15, -0.1) is 0 Å². The van der Waals surface area contributed by atoms with Crippen molar-refractivity contribution in [1.82, 2.24) is 4.90 Å². The molecule has 0 aliphatic carbocycles. The van der Waals surface area contributed by atoms with Gasteiger partial charge in [-0.2, -0.15) is 0 Å². The molecular formula is C18H21N3O4. The van der Waals surface area contributed by atoms with Crippen molar-refractivity contribution in [3.8, 4) is 0 Å². The summed E-state index contributed by atoms with van der Waals surface area (Å²) >= 11 is 0. The Morgan fingerprint density at radius 3 is 2.84 bits per heavy atom. The molecule has 7 heteroatoms. The van der Waals surface area contributed by atoms with Crippen molar-refractivity contribution in [1.29, 1.82) is 0 Å². The molecular weight excluding hydrogens is 322 g/mol. The molecule has 2 atom stereocenters. The molecule has 7 nitrogen and oxygen atoms in total. The largest absolute Gasteiger partial charge is 0.423 e. The number of benzene rings is 1. The van der Waals surface area contributed by atoms with Gasteiger partial charge in [-0.1, -0.05) is 0 Å². The Balaban J connectivity index is 1.82. The zero-order valence-electron chi connectivity index (χ0n) is 14.2. The smallest absolute Gasteiger partial charge is 0.336 e. The van der Waals surface area contributed by atoms with Crippen molar-refractivity contribution in [2.24, 2.45) is 5.73 Å². The Kier molecular flexibility index (Phi) is 4.59. The molecule has 1 aromatic heterocycles. The molecule has 0 bridgehead atoms. The van der Waals surface area contributed by atoms with Crippen LogP contribution in [0.3, 0.4) is 0 Å². The van der Waals surface area contributed by atoms with Gasteiger partial charge in [-0.05, 0) is 44.4 Å². The number of carbonyl (C=O) groups is 2. The molecule has 2 heterocycles. The van der Waals surface area contributed by atoms with Gasteiger partial charge in [-0.3, -0.25) is 9.59 Å². The second-order valence-electron chi connectivity index (χ2n) is 6.43. The molecule has 1 aliphatic heterocycles. The number of aryl methyl sites for hydroxylation is 1. The lowest BCUT2D eigenvalue weighted by Crippen LogP contribution is -2.48. The SMILES string of the molecule is Cc1cc(=O)oc2cc(NC(=O)[C@@H]3CCCN3C(=O)[C@@H](C)N)ccc12. The zero-order chi connectivity index (χ0) is 18.1. The van der Waals surface area contributed by atoms with Crippen LogP contribution < -0.4 is 16.7 Å². The highest BCUT2D eigenvalue weighted by atomic mass is 16.4. The molecule has 132 valence electrons. The van der Waals surface area contributed by atoms with Crippen LogP contribution in [0.5, 0.6) is 0 Å². The van der Waals surface area contributed by atoms with E-state index in [0.29, 0.717) is 24.2 Å².